The maximum absolute atomic E-state index is 14.8. The van der Waals surface area contributed by atoms with Crippen molar-refractivity contribution < 1.29 is 18.7 Å². The molecule has 3 rings (SSSR count). The number of carbonyl (C=O) groups excluding carboxylic acids is 2. The van der Waals surface area contributed by atoms with Gasteiger partial charge in [0.1, 0.15) is 11.4 Å². The number of carbonyl (C=O) groups is 2. The van der Waals surface area contributed by atoms with Crippen molar-refractivity contribution in [3.8, 4) is 0 Å². The molecule has 0 bridgehead atoms. The molecule has 7 nitrogen and oxygen atoms in total. The number of guanidine groups is 1. The minimum Gasteiger partial charge on any atom is -0.379 e. The first-order chi connectivity index (χ1) is 12.4. The first kappa shape index (κ1) is 19.3. The Bertz CT molecular complexity index is 847. The van der Waals surface area contributed by atoms with Gasteiger partial charge in [-0.2, -0.15) is 0 Å². The fourth-order valence-electron chi connectivity index (χ4n) is 3.37. The van der Waals surface area contributed by atoms with Crippen molar-refractivity contribution in [2.75, 3.05) is 25.6 Å². The number of nitrogens with zero attached hydrogens (tertiary/aromatic N) is 2. The Morgan fingerprint density at radius 2 is 1.93 bits per heavy atom. The smallest absolute Gasteiger partial charge is 0.237 e. The lowest BCUT2D eigenvalue weighted by atomic mass is 9.67. The standard InChI is InChI=1S/C19H25FN4O3/c1-17(2)15(26)24(5)16(21)23-19(17,4)12-8-11(6-7-13(12)20)22-14(25)18(3)9-27-10-18/h6-8H,9-10H2,1-5H3,(H2,21,23)(H,22,25). The van der Waals surface area contributed by atoms with E-state index < -0.39 is 22.2 Å². The third-order valence-corrected chi connectivity index (χ3v) is 5.88. The Morgan fingerprint density at radius 1 is 1.30 bits per heavy atom. The van der Waals surface area contributed by atoms with Crippen LogP contribution in [0.3, 0.4) is 0 Å². The van der Waals surface area contributed by atoms with Crippen LogP contribution in [0.5, 0.6) is 0 Å². The third kappa shape index (κ3) is 2.79. The molecule has 146 valence electrons. The van der Waals surface area contributed by atoms with Crippen molar-refractivity contribution in [1.29, 1.82) is 0 Å². The number of halogens is 1. The normalized spacial score (nSPS) is 26.2. The van der Waals surface area contributed by atoms with Crippen LogP contribution in [0.2, 0.25) is 0 Å². The van der Waals surface area contributed by atoms with Crippen molar-refractivity contribution in [2.24, 2.45) is 21.6 Å². The van der Waals surface area contributed by atoms with Gasteiger partial charge in [0.25, 0.3) is 0 Å². The lowest BCUT2D eigenvalue weighted by molar-refractivity contribution is -0.152. The molecular formula is C19H25FN4O3. The van der Waals surface area contributed by atoms with Gasteiger partial charge < -0.3 is 15.8 Å². The Kier molecular flexibility index (Phi) is 4.30. The molecule has 8 heteroatoms. The zero-order valence-corrected chi connectivity index (χ0v) is 16.2. The van der Waals surface area contributed by atoms with E-state index in [1.54, 1.807) is 27.7 Å². The largest absolute Gasteiger partial charge is 0.379 e. The lowest BCUT2D eigenvalue weighted by Gasteiger charge is -2.46. The Balaban J connectivity index is 2.03. The van der Waals surface area contributed by atoms with E-state index >= 15 is 0 Å². The molecule has 1 aromatic rings. The predicted octanol–water partition coefficient (Wildman–Crippen LogP) is 1.83. The van der Waals surface area contributed by atoms with Crippen LogP contribution in [0.15, 0.2) is 23.2 Å². The van der Waals surface area contributed by atoms with E-state index in [0.717, 1.165) is 0 Å². The Hall–Kier alpha value is -2.48. The van der Waals surface area contributed by atoms with Crippen molar-refractivity contribution in [3.05, 3.63) is 29.6 Å². The van der Waals surface area contributed by atoms with E-state index in [9.17, 15) is 14.0 Å². The van der Waals surface area contributed by atoms with Crippen LogP contribution >= 0.6 is 0 Å². The SMILES string of the molecule is CN1C(=O)C(C)(C)C(C)(c2cc(NC(=O)C3(C)COC3)ccc2F)N=C1N. The molecule has 0 aromatic heterocycles. The highest BCUT2D eigenvalue weighted by atomic mass is 19.1. The van der Waals surface area contributed by atoms with E-state index in [4.69, 9.17) is 10.5 Å². The molecule has 1 unspecified atom stereocenters. The van der Waals surface area contributed by atoms with Crippen LogP contribution in [0.4, 0.5) is 10.1 Å². The molecule has 1 saturated heterocycles. The summed E-state index contributed by atoms with van der Waals surface area (Å²) < 4.78 is 19.9. The van der Waals surface area contributed by atoms with E-state index in [2.05, 4.69) is 10.3 Å². The number of benzene rings is 1. The van der Waals surface area contributed by atoms with Gasteiger partial charge in [-0.25, -0.2) is 9.38 Å². The first-order valence-corrected chi connectivity index (χ1v) is 8.75. The molecule has 27 heavy (non-hydrogen) atoms. The van der Waals surface area contributed by atoms with Crippen molar-refractivity contribution >= 4 is 23.5 Å². The first-order valence-electron chi connectivity index (χ1n) is 8.75. The summed E-state index contributed by atoms with van der Waals surface area (Å²) in [6.07, 6.45) is 0. The number of nitrogens with one attached hydrogen (secondary N) is 1. The number of amides is 2. The summed E-state index contributed by atoms with van der Waals surface area (Å²) >= 11 is 0. The minimum atomic E-state index is -1.23. The highest BCUT2D eigenvalue weighted by Crippen LogP contribution is 2.47. The van der Waals surface area contributed by atoms with Gasteiger partial charge in [0.05, 0.1) is 24.0 Å². The van der Waals surface area contributed by atoms with Gasteiger partial charge in [-0.1, -0.05) is 0 Å². The summed E-state index contributed by atoms with van der Waals surface area (Å²) in [5.74, 6) is -0.950. The zero-order valence-electron chi connectivity index (χ0n) is 16.2. The molecule has 1 fully saturated rings. The fourth-order valence-corrected chi connectivity index (χ4v) is 3.37. The van der Waals surface area contributed by atoms with Gasteiger partial charge in [0.2, 0.25) is 11.8 Å². The highest BCUT2D eigenvalue weighted by Gasteiger charge is 2.54. The summed E-state index contributed by atoms with van der Waals surface area (Å²) in [6.45, 7) is 7.59. The Labute approximate surface area is 157 Å². The average molecular weight is 376 g/mol. The molecule has 0 aliphatic carbocycles. The molecule has 2 amide bonds. The fraction of sp³-hybridized carbons (Fsp3) is 0.526. The van der Waals surface area contributed by atoms with Crippen molar-refractivity contribution in [3.63, 3.8) is 0 Å². The monoisotopic (exact) mass is 376 g/mol. The summed E-state index contributed by atoms with van der Waals surface area (Å²) in [4.78, 5) is 30.9. The van der Waals surface area contributed by atoms with E-state index in [1.807, 2.05) is 0 Å². The highest BCUT2D eigenvalue weighted by molar-refractivity contribution is 6.02. The topological polar surface area (TPSA) is 97.0 Å². The molecule has 0 spiro atoms. The summed E-state index contributed by atoms with van der Waals surface area (Å²) in [5.41, 5.74) is 3.67. The summed E-state index contributed by atoms with van der Waals surface area (Å²) in [7, 11) is 1.54. The molecule has 2 aliphatic heterocycles. The second-order valence-corrected chi connectivity index (χ2v) is 8.23. The van der Waals surface area contributed by atoms with Gasteiger partial charge in [-0.15, -0.1) is 0 Å². The van der Waals surface area contributed by atoms with Gasteiger partial charge >= 0.3 is 0 Å². The van der Waals surface area contributed by atoms with Crippen LogP contribution in [0.1, 0.15) is 33.3 Å². The number of anilines is 1. The molecule has 1 aromatic carbocycles. The zero-order chi connectivity index (χ0) is 20.2. The molecule has 0 saturated carbocycles. The second-order valence-electron chi connectivity index (χ2n) is 8.23. The van der Waals surface area contributed by atoms with Crippen LogP contribution in [0, 0.1) is 16.6 Å². The van der Waals surface area contributed by atoms with Gasteiger partial charge in [-0.3, -0.25) is 14.5 Å². The molecule has 3 N–H and O–H groups in total. The lowest BCUT2D eigenvalue weighted by Crippen LogP contribution is -2.58. The minimum absolute atomic E-state index is 0.0230. The maximum atomic E-state index is 14.8. The van der Waals surface area contributed by atoms with E-state index in [1.165, 1.54) is 30.1 Å². The maximum Gasteiger partial charge on any atom is 0.237 e. The molecule has 2 heterocycles. The number of ether oxygens (including phenoxy) is 1. The van der Waals surface area contributed by atoms with Crippen molar-refractivity contribution in [1.82, 2.24) is 4.90 Å². The quantitative estimate of drug-likeness (QED) is 0.841. The van der Waals surface area contributed by atoms with Crippen LogP contribution < -0.4 is 11.1 Å². The number of hydrogen-bond acceptors (Lipinski definition) is 5. The number of nitrogens with two attached hydrogens (primary N) is 1. The van der Waals surface area contributed by atoms with Gasteiger partial charge in [-0.05, 0) is 45.9 Å². The number of rotatable bonds is 3. The van der Waals surface area contributed by atoms with Crippen molar-refractivity contribution in [2.45, 2.75) is 33.2 Å². The average Bonchev–Trinajstić information content (AvgIpc) is 2.58. The van der Waals surface area contributed by atoms with Crippen LogP contribution in [-0.2, 0) is 19.9 Å². The summed E-state index contributed by atoms with van der Waals surface area (Å²) in [6, 6.07) is 4.27. The van der Waals surface area contributed by atoms with E-state index in [-0.39, 0.29) is 23.3 Å². The Morgan fingerprint density at radius 3 is 2.48 bits per heavy atom. The van der Waals surface area contributed by atoms with Crippen LogP contribution in [0.25, 0.3) is 0 Å². The van der Waals surface area contributed by atoms with Gasteiger partial charge in [0, 0.05) is 18.3 Å². The second kappa shape index (κ2) is 6.02. The molecule has 1 atom stereocenters. The van der Waals surface area contributed by atoms with Crippen LogP contribution in [-0.4, -0.2) is 42.9 Å². The van der Waals surface area contributed by atoms with E-state index in [0.29, 0.717) is 18.9 Å². The number of hydrogen-bond donors (Lipinski definition) is 2. The molecule has 0 radical (unpaired) electrons. The molecular weight excluding hydrogens is 351 g/mol. The third-order valence-electron chi connectivity index (χ3n) is 5.88. The van der Waals surface area contributed by atoms with Gasteiger partial charge in [0.15, 0.2) is 5.96 Å². The molecule has 2 aliphatic rings. The number of aliphatic imine (C=N–C) groups is 1. The summed E-state index contributed by atoms with van der Waals surface area (Å²) in [5, 5.41) is 2.81. The predicted molar refractivity (Wildman–Crippen MR) is 99.5 cm³/mol.